The third-order valence-corrected chi connectivity index (χ3v) is 4.04. The molecule has 0 spiro atoms. The van der Waals surface area contributed by atoms with Crippen LogP contribution in [-0.4, -0.2) is 13.9 Å². The van der Waals surface area contributed by atoms with Gasteiger partial charge < -0.3 is 19.5 Å². The van der Waals surface area contributed by atoms with E-state index in [1.165, 1.54) is 6.07 Å². The average molecular weight is 353 g/mol. The lowest BCUT2D eigenvalue weighted by molar-refractivity contribution is -0.137. The molecule has 25 heavy (non-hydrogen) atoms. The molecule has 0 saturated carbocycles. The second-order valence-electron chi connectivity index (χ2n) is 5.76. The monoisotopic (exact) mass is 353 g/mol. The van der Waals surface area contributed by atoms with Crippen molar-refractivity contribution in [3.05, 3.63) is 53.1 Å². The maximum atomic E-state index is 12.8. The van der Waals surface area contributed by atoms with Crippen LogP contribution in [0, 0.1) is 0 Å². The predicted molar refractivity (Wildman–Crippen MR) is 85.8 cm³/mol. The van der Waals surface area contributed by atoms with E-state index in [0.717, 1.165) is 17.7 Å². The van der Waals surface area contributed by atoms with E-state index >= 15 is 0 Å². The van der Waals surface area contributed by atoms with Crippen LogP contribution in [0.25, 0.3) is 0 Å². The zero-order valence-corrected chi connectivity index (χ0v) is 13.8. The zero-order chi connectivity index (χ0) is 18.0. The van der Waals surface area contributed by atoms with Gasteiger partial charge in [-0.2, -0.15) is 13.2 Å². The van der Waals surface area contributed by atoms with Gasteiger partial charge in [0, 0.05) is 12.6 Å². The van der Waals surface area contributed by atoms with Gasteiger partial charge in [0.05, 0.1) is 12.7 Å². The fourth-order valence-corrected chi connectivity index (χ4v) is 2.66. The molecule has 1 atom stereocenters. The number of halogens is 3. The number of methoxy groups -OCH3 is 1. The van der Waals surface area contributed by atoms with Crippen molar-refractivity contribution in [1.29, 1.82) is 0 Å². The summed E-state index contributed by atoms with van der Waals surface area (Å²) in [5, 5.41) is 3.22. The molecule has 0 bridgehead atoms. The number of benzene rings is 2. The molecule has 1 aliphatic rings. The number of hydrogen-bond donors (Lipinski definition) is 1. The number of hydrogen-bond acceptors (Lipinski definition) is 4. The quantitative estimate of drug-likeness (QED) is 0.870. The highest BCUT2D eigenvalue weighted by molar-refractivity contribution is 5.55. The molecule has 7 heteroatoms. The van der Waals surface area contributed by atoms with Crippen LogP contribution in [0.3, 0.4) is 0 Å². The summed E-state index contributed by atoms with van der Waals surface area (Å²) < 4.78 is 54.5. The van der Waals surface area contributed by atoms with E-state index in [2.05, 4.69) is 5.32 Å². The normalized spacial score (nSPS) is 14.4. The standard InChI is InChI=1S/C18H18F3NO3/c1-11(13-4-3-5-14(8-13)18(19,20)21)22-9-12-6-15(23-2)17-16(7-12)24-10-25-17/h3-8,11,22H,9-10H2,1-2H3. The second-order valence-corrected chi connectivity index (χ2v) is 5.76. The molecule has 0 saturated heterocycles. The summed E-state index contributed by atoms with van der Waals surface area (Å²) in [6, 6.07) is 8.72. The third-order valence-electron chi connectivity index (χ3n) is 4.04. The Hall–Kier alpha value is -2.41. The maximum absolute atomic E-state index is 12.8. The molecule has 2 aromatic carbocycles. The molecule has 1 N–H and O–H groups in total. The molecule has 3 rings (SSSR count). The molecule has 4 nitrogen and oxygen atoms in total. The summed E-state index contributed by atoms with van der Waals surface area (Å²) in [6.07, 6.45) is -4.35. The van der Waals surface area contributed by atoms with Crippen LogP contribution in [0.4, 0.5) is 13.2 Å². The van der Waals surface area contributed by atoms with Gasteiger partial charge in [-0.3, -0.25) is 0 Å². The molecule has 0 amide bonds. The van der Waals surface area contributed by atoms with Crippen molar-refractivity contribution in [2.75, 3.05) is 13.9 Å². The number of ether oxygens (including phenoxy) is 3. The van der Waals surface area contributed by atoms with Gasteiger partial charge in [-0.1, -0.05) is 12.1 Å². The first-order chi connectivity index (χ1) is 11.9. The van der Waals surface area contributed by atoms with E-state index in [1.807, 2.05) is 19.1 Å². The Morgan fingerprint density at radius 3 is 2.72 bits per heavy atom. The third kappa shape index (κ3) is 3.82. The number of rotatable bonds is 5. The fraction of sp³-hybridized carbons (Fsp3) is 0.333. The highest BCUT2D eigenvalue weighted by Crippen LogP contribution is 2.41. The summed E-state index contributed by atoms with van der Waals surface area (Å²) in [6.45, 7) is 2.41. The number of alkyl halides is 3. The van der Waals surface area contributed by atoms with E-state index in [9.17, 15) is 13.2 Å². The Bertz CT molecular complexity index is 762. The number of fused-ring (bicyclic) bond motifs is 1. The van der Waals surface area contributed by atoms with Crippen LogP contribution < -0.4 is 19.5 Å². The topological polar surface area (TPSA) is 39.7 Å². The Labute approximate surface area is 143 Å². The SMILES string of the molecule is COc1cc(CNC(C)c2cccc(C(F)(F)F)c2)cc2c1OCO2. The van der Waals surface area contributed by atoms with Crippen LogP contribution in [0.15, 0.2) is 36.4 Å². The molecule has 0 aromatic heterocycles. The van der Waals surface area contributed by atoms with Crippen molar-refractivity contribution >= 4 is 0 Å². The van der Waals surface area contributed by atoms with E-state index in [4.69, 9.17) is 14.2 Å². The predicted octanol–water partition coefficient (Wildman–Crippen LogP) is 4.29. The van der Waals surface area contributed by atoms with E-state index in [1.54, 1.807) is 13.2 Å². The molecule has 0 radical (unpaired) electrons. The summed E-state index contributed by atoms with van der Waals surface area (Å²) in [5.41, 5.74) is 0.811. The lowest BCUT2D eigenvalue weighted by Crippen LogP contribution is -2.18. The molecule has 0 aliphatic carbocycles. The summed E-state index contributed by atoms with van der Waals surface area (Å²) >= 11 is 0. The molecule has 1 heterocycles. The highest BCUT2D eigenvalue weighted by Gasteiger charge is 2.30. The minimum absolute atomic E-state index is 0.142. The smallest absolute Gasteiger partial charge is 0.416 e. The first-order valence-corrected chi connectivity index (χ1v) is 7.75. The molecule has 134 valence electrons. The van der Waals surface area contributed by atoms with Crippen molar-refractivity contribution in [3.8, 4) is 17.2 Å². The van der Waals surface area contributed by atoms with Gasteiger partial charge in [-0.05, 0) is 42.3 Å². The van der Waals surface area contributed by atoms with Crippen molar-refractivity contribution in [2.45, 2.75) is 25.7 Å². The summed E-state index contributed by atoms with van der Waals surface area (Å²) in [5.74, 6) is 1.73. The van der Waals surface area contributed by atoms with Crippen molar-refractivity contribution in [2.24, 2.45) is 0 Å². The van der Waals surface area contributed by atoms with Crippen LogP contribution >= 0.6 is 0 Å². The molecular weight excluding hydrogens is 335 g/mol. The minimum atomic E-state index is -4.35. The van der Waals surface area contributed by atoms with Crippen LogP contribution in [-0.2, 0) is 12.7 Å². The first kappa shape index (κ1) is 17.4. The Balaban J connectivity index is 1.72. The van der Waals surface area contributed by atoms with E-state index in [-0.39, 0.29) is 12.8 Å². The van der Waals surface area contributed by atoms with Crippen molar-refractivity contribution < 1.29 is 27.4 Å². The molecule has 1 unspecified atom stereocenters. The van der Waals surface area contributed by atoms with Gasteiger partial charge in [0.15, 0.2) is 11.5 Å². The van der Waals surface area contributed by atoms with Crippen molar-refractivity contribution in [1.82, 2.24) is 5.32 Å². The number of nitrogens with one attached hydrogen (secondary N) is 1. The largest absolute Gasteiger partial charge is 0.493 e. The van der Waals surface area contributed by atoms with Gasteiger partial charge >= 0.3 is 6.18 Å². The van der Waals surface area contributed by atoms with Crippen LogP contribution in [0.1, 0.15) is 29.7 Å². The molecular formula is C18H18F3NO3. The van der Waals surface area contributed by atoms with Crippen LogP contribution in [0.2, 0.25) is 0 Å². The molecule has 0 fully saturated rings. The highest BCUT2D eigenvalue weighted by atomic mass is 19.4. The maximum Gasteiger partial charge on any atom is 0.416 e. The minimum Gasteiger partial charge on any atom is -0.493 e. The Morgan fingerprint density at radius 2 is 2.00 bits per heavy atom. The van der Waals surface area contributed by atoms with Crippen LogP contribution in [0.5, 0.6) is 17.2 Å². The Morgan fingerprint density at radius 1 is 1.20 bits per heavy atom. The van der Waals surface area contributed by atoms with E-state index < -0.39 is 11.7 Å². The van der Waals surface area contributed by atoms with Gasteiger partial charge in [0.1, 0.15) is 0 Å². The fourth-order valence-electron chi connectivity index (χ4n) is 2.66. The summed E-state index contributed by atoms with van der Waals surface area (Å²) in [7, 11) is 1.54. The van der Waals surface area contributed by atoms with Gasteiger partial charge in [-0.15, -0.1) is 0 Å². The summed E-state index contributed by atoms with van der Waals surface area (Å²) in [4.78, 5) is 0. The Kier molecular flexibility index (Phi) is 4.76. The second kappa shape index (κ2) is 6.84. The lowest BCUT2D eigenvalue weighted by Gasteiger charge is -2.17. The van der Waals surface area contributed by atoms with Gasteiger partial charge in [0.25, 0.3) is 0 Å². The van der Waals surface area contributed by atoms with Gasteiger partial charge in [-0.25, -0.2) is 0 Å². The molecule has 2 aromatic rings. The average Bonchev–Trinajstić information content (AvgIpc) is 3.06. The lowest BCUT2D eigenvalue weighted by atomic mass is 10.0. The molecule has 1 aliphatic heterocycles. The zero-order valence-electron chi connectivity index (χ0n) is 13.8. The van der Waals surface area contributed by atoms with Crippen molar-refractivity contribution in [3.63, 3.8) is 0 Å². The van der Waals surface area contributed by atoms with Gasteiger partial charge in [0.2, 0.25) is 12.5 Å². The van der Waals surface area contributed by atoms with E-state index in [0.29, 0.717) is 29.4 Å². The first-order valence-electron chi connectivity index (χ1n) is 7.75.